The number of carbonyl (C=O) groups is 1. The van der Waals surface area contributed by atoms with Crippen molar-refractivity contribution in [1.29, 1.82) is 0 Å². The van der Waals surface area contributed by atoms with Crippen molar-refractivity contribution in [3.8, 4) is 0 Å². The lowest BCUT2D eigenvalue weighted by molar-refractivity contribution is -0.121. The van der Waals surface area contributed by atoms with Crippen LogP contribution in [0.3, 0.4) is 0 Å². The third-order valence-corrected chi connectivity index (χ3v) is 7.64. The highest BCUT2D eigenvalue weighted by Gasteiger charge is 2.48. The number of nitrogens with one attached hydrogen (secondary N) is 3. The third-order valence-electron chi connectivity index (χ3n) is 7.64. The van der Waals surface area contributed by atoms with E-state index in [0.29, 0.717) is 24.9 Å². The number of hydrazine groups is 1. The Labute approximate surface area is 206 Å². The highest BCUT2D eigenvalue weighted by atomic mass is 16.1. The van der Waals surface area contributed by atoms with Crippen LogP contribution in [0.4, 0.5) is 5.95 Å². The Morgan fingerprint density at radius 2 is 1.77 bits per heavy atom. The Balaban J connectivity index is 1.14. The van der Waals surface area contributed by atoms with E-state index >= 15 is 0 Å². The molecule has 1 saturated heterocycles. The molecule has 3 heterocycles. The summed E-state index contributed by atoms with van der Waals surface area (Å²) in [5.74, 6) is 2.48. The van der Waals surface area contributed by atoms with Crippen LogP contribution >= 0.6 is 0 Å². The zero-order valence-corrected chi connectivity index (χ0v) is 19.9. The number of fused-ring (bicyclic) bond motifs is 6. The third kappa shape index (κ3) is 4.44. The second-order valence-electron chi connectivity index (χ2n) is 9.87. The summed E-state index contributed by atoms with van der Waals surface area (Å²) in [6.45, 7) is 0.571. The number of hydrogen-bond donors (Lipinski definition) is 3. The fourth-order valence-corrected chi connectivity index (χ4v) is 5.92. The first kappa shape index (κ1) is 22.2. The molecule has 1 saturated carbocycles. The van der Waals surface area contributed by atoms with Gasteiger partial charge in [-0.25, -0.2) is 5.43 Å². The second-order valence-corrected chi connectivity index (χ2v) is 9.87. The molecule has 3 aliphatic rings. The van der Waals surface area contributed by atoms with Gasteiger partial charge in [-0.1, -0.05) is 73.5 Å². The average molecular weight is 472 g/mol. The number of nitrogens with zero attached hydrogens (tertiary/aromatic N) is 4. The number of anilines is 1. The van der Waals surface area contributed by atoms with Crippen LogP contribution in [0.15, 0.2) is 60.7 Å². The Bertz CT molecular complexity index is 1150. The van der Waals surface area contributed by atoms with E-state index in [1.807, 2.05) is 36.4 Å². The van der Waals surface area contributed by atoms with Gasteiger partial charge in [0, 0.05) is 31.3 Å². The summed E-state index contributed by atoms with van der Waals surface area (Å²) in [5.41, 5.74) is 5.99. The molecule has 4 atom stereocenters. The van der Waals surface area contributed by atoms with Crippen LogP contribution in [0.5, 0.6) is 0 Å². The van der Waals surface area contributed by atoms with E-state index in [2.05, 4.69) is 60.1 Å². The molecule has 2 aliphatic heterocycles. The first-order valence-electron chi connectivity index (χ1n) is 12.9. The van der Waals surface area contributed by atoms with Gasteiger partial charge in [0.2, 0.25) is 11.9 Å². The van der Waals surface area contributed by atoms with Crippen LogP contribution in [-0.4, -0.2) is 26.8 Å². The number of aryl methyl sites for hydroxylation is 1. The van der Waals surface area contributed by atoms with Gasteiger partial charge in [-0.2, -0.15) is 0 Å². The molecule has 1 aliphatic carbocycles. The predicted octanol–water partition coefficient (Wildman–Crippen LogP) is 3.60. The fraction of sp³-hybridized carbons (Fsp3) is 0.444. The van der Waals surface area contributed by atoms with Gasteiger partial charge in [0.05, 0.1) is 0 Å². The van der Waals surface area contributed by atoms with E-state index in [1.54, 1.807) is 0 Å². The quantitative estimate of drug-likeness (QED) is 0.488. The van der Waals surface area contributed by atoms with Crippen molar-refractivity contribution in [1.82, 2.24) is 30.8 Å². The summed E-state index contributed by atoms with van der Waals surface area (Å²) in [5, 5.41) is 18.3. The lowest BCUT2D eigenvalue weighted by atomic mass is 9.81. The van der Waals surface area contributed by atoms with Crippen molar-refractivity contribution in [2.75, 3.05) is 5.01 Å². The molecule has 1 amide bonds. The lowest BCUT2D eigenvalue weighted by Crippen LogP contribution is -2.53. The minimum absolute atomic E-state index is 0.0591. The predicted molar refractivity (Wildman–Crippen MR) is 134 cm³/mol. The maximum atomic E-state index is 12.4. The number of amides is 1. The highest BCUT2D eigenvalue weighted by molar-refractivity contribution is 5.75. The fourth-order valence-electron chi connectivity index (χ4n) is 5.92. The number of carbonyl (C=O) groups excluding carboxylic acids is 1. The molecule has 2 fully saturated rings. The van der Waals surface area contributed by atoms with Crippen molar-refractivity contribution < 1.29 is 4.79 Å². The van der Waals surface area contributed by atoms with Crippen molar-refractivity contribution in [3.63, 3.8) is 0 Å². The van der Waals surface area contributed by atoms with Crippen LogP contribution in [0.25, 0.3) is 0 Å². The number of rotatable bonds is 7. The molecule has 2 aromatic carbocycles. The maximum absolute atomic E-state index is 12.4. The van der Waals surface area contributed by atoms with Crippen LogP contribution in [0.2, 0.25) is 0 Å². The molecule has 6 rings (SSSR count). The summed E-state index contributed by atoms with van der Waals surface area (Å²) < 4.78 is 2.37. The van der Waals surface area contributed by atoms with E-state index in [-0.39, 0.29) is 18.2 Å². The standard InChI is InChI=1S/C27H33N7O/c35-24(28-18-19-10-3-1-4-11-19)17-9-16-23-30-31-27-33(23)22-15-8-7-14-21(22)26-29-25(32-34(26)27)20-12-5-2-6-13-20/h1-6,10-13,21-22,25-26,29,32H,7-9,14-18H2,(H,28,35). The normalized spacial score (nSPS) is 25.0. The van der Waals surface area contributed by atoms with Gasteiger partial charge in [-0.15, -0.1) is 10.2 Å². The maximum Gasteiger partial charge on any atom is 0.243 e. The van der Waals surface area contributed by atoms with Crippen molar-refractivity contribution in [2.45, 2.75) is 69.9 Å². The molecular formula is C27H33N7O. The zero-order valence-electron chi connectivity index (χ0n) is 19.9. The molecule has 8 nitrogen and oxygen atoms in total. The molecule has 3 N–H and O–H groups in total. The first-order chi connectivity index (χ1) is 17.3. The largest absolute Gasteiger partial charge is 0.352 e. The monoisotopic (exact) mass is 471 g/mol. The SMILES string of the molecule is O=C(CCCc1nnc2n1C1CCCCC1C1NC(c3ccccc3)NN21)NCc1ccccc1. The molecule has 8 heteroatoms. The van der Waals surface area contributed by atoms with Gasteiger partial charge in [0.25, 0.3) is 0 Å². The van der Waals surface area contributed by atoms with Gasteiger partial charge in [-0.3, -0.25) is 19.7 Å². The minimum Gasteiger partial charge on any atom is -0.352 e. The molecular weight excluding hydrogens is 438 g/mol. The van der Waals surface area contributed by atoms with Gasteiger partial charge in [0.15, 0.2) is 0 Å². The summed E-state index contributed by atoms with van der Waals surface area (Å²) in [7, 11) is 0. The number of aromatic nitrogens is 3. The molecule has 182 valence electrons. The first-order valence-corrected chi connectivity index (χ1v) is 12.9. The average Bonchev–Trinajstić information content (AvgIpc) is 3.54. The molecule has 0 bridgehead atoms. The van der Waals surface area contributed by atoms with Crippen LogP contribution in [0.1, 0.15) is 67.7 Å². The topological polar surface area (TPSA) is 87.1 Å². The summed E-state index contributed by atoms with van der Waals surface area (Å²) in [6, 6.07) is 20.9. The Kier molecular flexibility index (Phi) is 6.22. The summed E-state index contributed by atoms with van der Waals surface area (Å²) >= 11 is 0. The molecule has 3 aromatic rings. The number of hydrogen-bond acceptors (Lipinski definition) is 6. The zero-order chi connectivity index (χ0) is 23.6. The Morgan fingerprint density at radius 1 is 1.00 bits per heavy atom. The van der Waals surface area contributed by atoms with Gasteiger partial charge < -0.3 is 5.32 Å². The van der Waals surface area contributed by atoms with Crippen molar-refractivity contribution >= 4 is 11.9 Å². The van der Waals surface area contributed by atoms with E-state index in [9.17, 15) is 4.79 Å². The van der Waals surface area contributed by atoms with E-state index < -0.39 is 0 Å². The van der Waals surface area contributed by atoms with Crippen molar-refractivity contribution in [2.24, 2.45) is 5.92 Å². The van der Waals surface area contributed by atoms with Crippen LogP contribution in [-0.2, 0) is 17.8 Å². The van der Waals surface area contributed by atoms with Crippen LogP contribution < -0.4 is 21.1 Å². The van der Waals surface area contributed by atoms with Gasteiger partial charge in [0.1, 0.15) is 18.2 Å². The molecule has 0 spiro atoms. The highest BCUT2D eigenvalue weighted by Crippen LogP contribution is 2.45. The second kappa shape index (κ2) is 9.79. The summed E-state index contributed by atoms with van der Waals surface area (Å²) in [4.78, 5) is 12.4. The van der Waals surface area contributed by atoms with Crippen molar-refractivity contribution in [3.05, 3.63) is 77.6 Å². The van der Waals surface area contributed by atoms with Crippen LogP contribution in [0, 0.1) is 5.92 Å². The lowest BCUT2D eigenvalue weighted by Gasteiger charge is -2.44. The molecule has 1 aromatic heterocycles. The minimum atomic E-state index is 0.0591. The smallest absolute Gasteiger partial charge is 0.243 e. The molecule has 4 unspecified atom stereocenters. The Hall–Kier alpha value is -3.23. The van der Waals surface area contributed by atoms with Gasteiger partial charge in [-0.05, 0) is 30.4 Å². The van der Waals surface area contributed by atoms with Gasteiger partial charge >= 0.3 is 0 Å². The van der Waals surface area contributed by atoms with E-state index in [1.165, 1.54) is 24.8 Å². The van der Waals surface area contributed by atoms with E-state index in [0.717, 1.165) is 36.6 Å². The molecule has 0 radical (unpaired) electrons. The summed E-state index contributed by atoms with van der Waals surface area (Å²) in [6.07, 6.45) is 7.12. The Morgan fingerprint density at radius 3 is 2.60 bits per heavy atom. The van der Waals surface area contributed by atoms with E-state index in [4.69, 9.17) is 0 Å². The number of benzene rings is 2. The molecule has 35 heavy (non-hydrogen) atoms.